The van der Waals surface area contributed by atoms with Crippen molar-refractivity contribution >= 4 is 28.0 Å². The van der Waals surface area contributed by atoms with E-state index in [1.165, 1.54) is 0 Å². The molecule has 188 valence electrons. The predicted molar refractivity (Wildman–Crippen MR) is 138 cm³/mol. The smallest absolute Gasteiger partial charge is 0.410 e. The summed E-state index contributed by atoms with van der Waals surface area (Å²) in [6, 6.07) is 3.48. The van der Waals surface area contributed by atoms with Crippen LogP contribution in [0.4, 0.5) is 4.79 Å². The lowest BCUT2D eigenvalue weighted by molar-refractivity contribution is 0.00384. The standard InChI is InChI=1S/C26H30N6O3S/c1-15-10-19(29-32-13-16(2)27-22(15)32)18-11-21(33)30-14-20(36-23(30)28-18)17-6-9-31(26(12-17)7-8-26)24(34)35-25(3,4)5/h10-11,13-14,17H,6-9,12H2,1-5H3/t17-/m0/s1. The molecule has 0 N–H and O–H groups in total. The fourth-order valence-electron chi connectivity index (χ4n) is 5.27. The maximum Gasteiger partial charge on any atom is 0.410 e. The van der Waals surface area contributed by atoms with Crippen LogP contribution >= 0.6 is 11.3 Å². The molecule has 0 aromatic carbocycles. The summed E-state index contributed by atoms with van der Waals surface area (Å²) in [7, 11) is 0. The van der Waals surface area contributed by atoms with E-state index >= 15 is 0 Å². The van der Waals surface area contributed by atoms with Crippen molar-refractivity contribution in [3.8, 4) is 11.4 Å². The van der Waals surface area contributed by atoms with Gasteiger partial charge >= 0.3 is 6.09 Å². The second-order valence-electron chi connectivity index (χ2n) is 11.2. The van der Waals surface area contributed by atoms with E-state index < -0.39 is 5.60 Å². The monoisotopic (exact) mass is 506 g/mol. The number of likely N-dealkylation sites (tertiary alicyclic amines) is 1. The molecule has 0 unspecified atom stereocenters. The summed E-state index contributed by atoms with van der Waals surface area (Å²) in [6.45, 7) is 10.3. The Kier molecular flexibility index (Phi) is 5.06. The van der Waals surface area contributed by atoms with Crippen molar-refractivity contribution in [1.29, 1.82) is 0 Å². The predicted octanol–water partition coefficient (Wildman–Crippen LogP) is 4.73. The van der Waals surface area contributed by atoms with Gasteiger partial charge in [-0.1, -0.05) is 0 Å². The molecule has 10 heteroatoms. The van der Waals surface area contributed by atoms with Gasteiger partial charge in [-0.05, 0) is 77.8 Å². The average Bonchev–Trinajstić information content (AvgIpc) is 3.23. The number of imidazole rings is 1. The summed E-state index contributed by atoms with van der Waals surface area (Å²) in [5.74, 6) is 0.284. The van der Waals surface area contributed by atoms with Gasteiger partial charge in [-0.3, -0.25) is 9.20 Å². The number of ether oxygens (including phenoxy) is 1. The fraction of sp³-hybridized carbons (Fsp3) is 0.500. The van der Waals surface area contributed by atoms with Gasteiger partial charge in [-0.25, -0.2) is 19.3 Å². The molecule has 4 aromatic heterocycles. The summed E-state index contributed by atoms with van der Waals surface area (Å²) in [5, 5.41) is 4.65. The van der Waals surface area contributed by atoms with Crippen LogP contribution in [0.25, 0.3) is 22.0 Å². The van der Waals surface area contributed by atoms with Gasteiger partial charge in [0, 0.05) is 29.2 Å². The fourth-order valence-corrected chi connectivity index (χ4v) is 6.39. The molecule has 0 bridgehead atoms. The molecule has 1 aliphatic heterocycles. The van der Waals surface area contributed by atoms with Crippen molar-refractivity contribution in [3.05, 3.63) is 51.0 Å². The maximum absolute atomic E-state index is 13.0. The van der Waals surface area contributed by atoms with Gasteiger partial charge in [-0.2, -0.15) is 5.10 Å². The Morgan fingerprint density at radius 3 is 2.64 bits per heavy atom. The Hall–Kier alpha value is -3.27. The molecule has 1 saturated carbocycles. The minimum absolute atomic E-state index is 0.119. The largest absolute Gasteiger partial charge is 0.444 e. The number of aryl methyl sites for hydroxylation is 2. The van der Waals surface area contributed by atoms with E-state index in [-0.39, 0.29) is 23.1 Å². The summed E-state index contributed by atoms with van der Waals surface area (Å²) >= 11 is 1.56. The van der Waals surface area contributed by atoms with Crippen LogP contribution in [0.1, 0.15) is 68.5 Å². The number of fused-ring (bicyclic) bond motifs is 2. The van der Waals surface area contributed by atoms with Crippen LogP contribution in [-0.2, 0) is 4.74 Å². The van der Waals surface area contributed by atoms with Gasteiger partial charge in [0.1, 0.15) is 11.3 Å². The molecule has 5 heterocycles. The third-order valence-electron chi connectivity index (χ3n) is 7.12. The summed E-state index contributed by atoms with van der Waals surface area (Å²) in [5.41, 5.74) is 3.14. The molecular formula is C26H30N6O3S. The first-order valence-corrected chi connectivity index (χ1v) is 13.2. The molecule has 9 nitrogen and oxygen atoms in total. The van der Waals surface area contributed by atoms with E-state index in [0.717, 1.165) is 47.5 Å². The minimum atomic E-state index is -0.505. The average molecular weight is 507 g/mol. The van der Waals surface area contributed by atoms with Gasteiger partial charge < -0.3 is 9.64 Å². The molecule has 4 aromatic rings. The number of hydrogen-bond acceptors (Lipinski definition) is 7. The third kappa shape index (κ3) is 3.97. The van der Waals surface area contributed by atoms with E-state index in [1.54, 1.807) is 26.3 Å². The molecule has 0 radical (unpaired) electrons. The van der Waals surface area contributed by atoms with Crippen molar-refractivity contribution in [2.45, 2.75) is 77.4 Å². The van der Waals surface area contributed by atoms with E-state index in [1.807, 2.05) is 58.0 Å². The quantitative estimate of drug-likeness (QED) is 0.390. The minimum Gasteiger partial charge on any atom is -0.444 e. The van der Waals surface area contributed by atoms with Crippen molar-refractivity contribution in [2.75, 3.05) is 6.54 Å². The normalized spacial score (nSPS) is 19.4. The molecule has 1 amide bonds. The zero-order chi connectivity index (χ0) is 25.4. The first kappa shape index (κ1) is 23.1. The van der Waals surface area contributed by atoms with E-state index in [0.29, 0.717) is 22.9 Å². The van der Waals surface area contributed by atoms with Gasteiger partial charge in [0.25, 0.3) is 5.56 Å². The zero-order valence-electron chi connectivity index (χ0n) is 21.2. The molecule has 1 spiro atoms. The topological polar surface area (TPSA) is 94.1 Å². The summed E-state index contributed by atoms with van der Waals surface area (Å²) in [6.07, 6.45) is 7.31. The lowest BCUT2D eigenvalue weighted by Gasteiger charge is -2.40. The number of piperidine rings is 1. The lowest BCUT2D eigenvalue weighted by Crippen LogP contribution is -2.49. The molecule has 1 atom stereocenters. The third-order valence-corrected chi connectivity index (χ3v) is 8.27. The van der Waals surface area contributed by atoms with Crippen molar-refractivity contribution < 1.29 is 9.53 Å². The molecular weight excluding hydrogens is 476 g/mol. The maximum atomic E-state index is 13.0. The van der Waals surface area contributed by atoms with E-state index in [4.69, 9.17) is 9.72 Å². The van der Waals surface area contributed by atoms with Crippen molar-refractivity contribution in [1.82, 2.24) is 28.9 Å². The van der Waals surface area contributed by atoms with Gasteiger partial charge in [0.05, 0.1) is 17.6 Å². The van der Waals surface area contributed by atoms with Crippen LogP contribution in [0.3, 0.4) is 0 Å². The second kappa shape index (κ2) is 7.86. The highest BCUT2D eigenvalue weighted by Crippen LogP contribution is 2.53. The molecule has 36 heavy (non-hydrogen) atoms. The van der Waals surface area contributed by atoms with Gasteiger partial charge in [0.2, 0.25) is 0 Å². The Balaban J connectivity index is 1.30. The van der Waals surface area contributed by atoms with Crippen LogP contribution in [0, 0.1) is 13.8 Å². The number of aromatic nitrogens is 5. The summed E-state index contributed by atoms with van der Waals surface area (Å²) in [4.78, 5) is 38.9. The molecule has 1 saturated heterocycles. The molecule has 6 rings (SSSR count). The Bertz CT molecular complexity index is 1570. The highest BCUT2D eigenvalue weighted by Gasteiger charge is 2.54. The number of carbonyl (C=O) groups excluding carboxylic acids is 1. The Morgan fingerprint density at radius 2 is 1.92 bits per heavy atom. The second-order valence-corrected chi connectivity index (χ2v) is 12.2. The molecule has 2 aliphatic rings. The zero-order valence-corrected chi connectivity index (χ0v) is 22.1. The van der Waals surface area contributed by atoms with E-state index in [2.05, 4.69) is 10.1 Å². The summed E-state index contributed by atoms with van der Waals surface area (Å²) < 4.78 is 9.05. The highest BCUT2D eigenvalue weighted by molar-refractivity contribution is 7.17. The SMILES string of the molecule is Cc1cn2nc(-c3cc(=O)n4cc([C@H]5CCN(C(=O)OC(C)(C)C)C6(CC6)C5)sc4n3)cc(C)c2n1. The lowest BCUT2D eigenvalue weighted by atomic mass is 9.88. The number of nitrogens with zero attached hydrogens (tertiary/aromatic N) is 6. The van der Waals surface area contributed by atoms with Crippen LogP contribution in [0.5, 0.6) is 0 Å². The first-order valence-electron chi connectivity index (χ1n) is 12.4. The van der Waals surface area contributed by atoms with Crippen LogP contribution in [-0.4, -0.2) is 52.7 Å². The van der Waals surface area contributed by atoms with Crippen molar-refractivity contribution in [3.63, 3.8) is 0 Å². The molecule has 2 fully saturated rings. The number of hydrogen-bond donors (Lipinski definition) is 0. The number of amides is 1. The van der Waals surface area contributed by atoms with Crippen LogP contribution in [0.2, 0.25) is 0 Å². The number of rotatable bonds is 2. The number of carbonyl (C=O) groups is 1. The van der Waals surface area contributed by atoms with Gasteiger partial charge in [-0.15, -0.1) is 11.3 Å². The van der Waals surface area contributed by atoms with Crippen LogP contribution < -0.4 is 5.56 Å². The molecule has 1 aliphatic carbocycles. The van der Waals surface area contributed by atoms with Crippen LogP contribution in [0.15, 0.2) is 29.3 Å². The first-order chi connectivity index (χ1) is 17.0. The van der Waals surface area contributed by atoms with Gasteiger partial charge in [0.15, 0.2) is 10.6 Å². The van der Waals surface area contributed by atoms with E-state index in [9.17, 15) is 9.59 Å². The Labute approximate surface area is 212 Å². The Morgan fingerprint density at radius 1 is 1.14 bits per heavy atom. The highest BCUT2D eigenvalue weighted by atomic mass is 32.1. The van der Waals surface area contributed by atoms with Crippen molar-refractivity contribution in [2.24, 2.45) is 0 Å². The number of thiazole rings is 1.